The summed E-state index contributed by atoms with van der Waals surface area (Å²) in [5.41, 5.74) is 4.33. The second-order valence-electron chi connectivity index (χ2n) is 8.66. The molecule has 3 aromatic carbocycles. The number of aryl methyl sites for hydroxylation is 2. The lowest BCUT2D eigenvalue weighted by atomic mass is 9.94. The quantitative estimate of drug-likeness (QED) is 0.281. The number of rotatable bonds is 7. The molecule has 0 spiro atoms. The third-order valence-electron chi connectivity index (χ3n) is 6.05. The van der Waals surface area contributed by atoms with Crippen LogP contribution in [-0.2, 0) is 16.2 Å². The summed E-state index contributed by atoms with van der Waals surface area (Å²) in [6.07, 6.45) is 0.710. The van der Waals surface area contributed by atoms with Gasteiger partial charge >= 0.3 is 0 Å². The van der Waals surface area contributed by atoms with Gasteiger partial charge in [0.1, 0.15) is 18.1 Å². The molecule has 0 aliphatic carbocycles. The molecule has 5 heteroatoms. The Morgan fingerprint density at radius 3 is 2.41 bits per heavy atom. The smallest absolute Gasteiger partial charge is 0.295 e. The van der Waals surface area contributed by atoms with E-state index in [1.165, 1.54) is 0 Å². The zero-order valence-corrected chi connectivity index (χ0v) is 19.7. The van der Waals surface area contributed by atoms with Crippen molar-refractivity contribution in [2.75, 3.05) is 6.54 Å². The number of carbonyl (C=O) groups excluding carboxylic acids is 2. The fourth-order valence-corrected chi connectivity index (χ4v) is 4.39. The summed E-state index contributed by atoms with van der Waals surface area (Å²) >= 11 is 0. The Kier molecular flexibility index (Phi) is 6.82. The number of benzene rings is 3. The van der Waals surface area contributed by atoms with Gasteiger partial charge in [0.05, 0.1) is 11.6 Å². The Morgan fingerprint density at radius 2 is 1.74 bits per heavy atom. The zero-order chi connectivity index (χ0) is 24.2. The molecule has 1 fully saturated rings. The van der Waals surface area contributed by atoms with E-state index in [2.05, 4.69) is 0 Å². The number of carbonyl (C=O) groups is 2. The van der Waals surface area contributed by atoms with E-state index >= 15 is 0 Å². The van der Waals surface area contributed by atoms with Crippen molar-refractivity contribution in [3.05, 3.63) is 106 Å². The van der Waals surface area contributed by atoms with E-state index in [4.69, 9.17) is 4.74 Å². The monoisotopic (exact) mass is 455 g/mol. The van der Waals surface area contributed by atoms with Gasteiger partial charge < -0.3 is 14.7 Å². The number of likely N-dealkylation sites (tertiary alicyclic amines) is 1. The summed E-state index contributed by atoms with van der Waals surface area (Å²) in [5, 5.41) is 11.3. The zero-order valence-electron chi connectivity index (χ0n) is 19.7. The minimum Gasteiger partial charge on any atom is -0.507 e. The summed E-state index contributed by atoms with van der Waals surface area (Å²) in [5.74, 6) is -0.697. The molecule has 1 unspecified atom stereocenters. The molecule has 1 saturated heterocycles. The van der Waals surface area contributed by atoms with Crippen molar-refractivity contribution in [1.82, 2.24) is 4.90 Å². The molecule has 1 aliphatic rings. The van der Waals surface area contributed by atoms with Gasteiger partial charge in [-0.25, -0.2) is 0 Å². The second-order valence-corrected chi connectivity index (χ2v) is 8.66. The number of ketones is 1. The standard InChI is InChI=1S/C29H29NO4/c1-4-15-30-26(22-12-8-9-19(2)16-22)25(28(32)29(30)33)27(31)23-13-14-24(20(3)17-23)34-18-21-10-6-5-7-11-21/h5-14,16-17,26,31H,4,15,18H2,1-3H3/b27-25-. The third kappa shape index (κ3) is 4.60. The van der Waals surface area contributed by atoms with Gasteiger partial charge in [0, 0.05) is 12.1 Å². The fourth-order valence-electron chi connectivity index (χ4n) is 4.39. The highest BCUT2D eigenvalue weighted by Gasteiger charge is 2.45. The average molecular weight is 456 g/mol. The van der Waals surface area contributed by atoms with E-state index in [-0.39, 0.29) is 11.3 Å². The Morgan fingerprint density at radius 1 is 0.971 bits per heavy atom. The predicted molar refractivity (Wildman–Crippen MR) is 132 cm³/mol. The van der Waals surface area contributed by atoms with Crippen LogP contribution in [0.25, 0.3) is 5.76 Å². The molecule has 1 N–H and O–H groups in total. The summed E-state index contributed by atoms with van der Waals surface area (Å²) in [7, 11) is 0. The van der Waals surface area contributed by atoms with Gasteiger partial charge in [-0.2, -0.15) is 0 Å². The van der Waals surface area contributed by atoms with E-state index in [1.807, 2.05) is 75.4 Å². The first-order chi connectivity index (χ1) is 16.4. The van der Waals surface area contributed by atoms with Crippen LogP contribution in [0, 0.1) is 13.8 Å². The van der Waals surface area contributed by atoms with Gasteiger partial charge in [-0.3, -0.25) is 9.59 Å². The molecule has 174 valence electrons. The maximum atomic E-state index is 13.1. The van der Waals surface area contributed by atoms with Crippen LogP contribution in [-0.4, -0.2) is 28.2 Å². The van der Waals surface area contributed by atoms with E-state index in [9.17, 15) is 14.7 Å². The van der Waals surface area contributed by atoms with Crippen LogP contribution in [0.2, 0.25) is 0 Å². The lowest BCUT2D eigenvalue weighted by molar-refractivity contribution is -0.139. The van der Waals surface area contributed by atoms with E-state index in [1.54, 1.807) is 23.1 Å². The molecule has 3 aromatic rings. The molecule has 0 saturated carbocycles. The maximum Gasteiger partial charge on any atom is 0.295 e. The SMILES string of the molecule is CCCN1C(=O)C(=O)/C(=C(\O)c2ccc(OCc3ccccc3)c(C)c2)C1c1cccc(C)c1. The predicted octanol–water partition coefficient (Wildman–Crippen LogP) is 5.71. The first kappa shape index (κ1) is 23.3. The molecule has 0 bridgehead atoms. The first-order valence-corrected chi connectivity index (χ1v) is 11.5. The van der Waals surface area contributed by atoms with Gasteiger partial charge in [-0.1, -0.05) is 67.1 Å². The van der Waals surface area contributed by atoms with E-state index in [0.29, 0.717) is 30.9 Å². The second kappa shape index (κ2) is 9.96. The Hall–Kier alpha value is -3.86. The van der Waals surface area contributed by atoms with Crippen molar-refractivity contribution in [3.8, 4) is 5.75 Å². The van der Waals surface area contributed by atoms with E-state index < -0.39 is 17.7 Å². The lowest BCUT2D eigenvalue weighted by Gasteiger charge is -2.25. The summed E-state index contributed by atoms with van der Waals surface area (Å²) in [6.45, 7) is 6.69. The number of hydrogen-bond donors (Lipinski definition) is 1. The van der Waals surface area contributed by atoms with Crippen LogP contribution in [0.15, 0.2) is 78.4 Å². The molecule has 0 aromatic heterocycles. The van der Waals surface area contributed by atoms with Crippen molar-refractivity contribution in [2.24, 2.45) is 0 Å². The van der Waals surface area contributed by atoms with Gasteiger partial charge in [-0.05, 0) is 55.2 Å². The highest BCUT2D eigenvalue weighted by molar-refractivity contribution is 6.46. The molecule has 34 heavy (non-hydrogen) atoms. The fraction of sp³-hybridized carbons (Fsp3) is 0.241. The molecule has 1 atom stereocenters. The third-order valence-corrected chi connectivity index (χ3v) is 6.05. The summed E-state index contributed by atoms with van der Waals surface area (Å²) in [6, 6.07) is 22.3. The normalized spacial score (nSPS) is 17.3. The maximum absolute atomic E-state index is 13.1. The molecule has 4 rings (SSSR count). The Balaban J connectivity index is 1.70. The number of hydrogen-bond acceptors (Lipinski definition) is 4. The molecular weight excluding hydrogens is 426 g/mol. The number of Topliss-reactive ketones (excluding diaryl/α,β-unsaturated/α-hetero) is 1. The Labute approximate surface area is 200 Å². The molecule has 1 heterocycles. The van der Waals surface area contributed by atoms with Crippen molar-refractivity contribution in [2.45, 2.75) is 39.8 Å². The number of nitrogens with zero attached hydrogens (tertiary/aromatic N) is 1. The van der Waals surface area contributed by atoms with Crippen LogP contribution in [0.3, 0.4) is 0 Å². The number of amides is 1. The largest absolute Gasteiger partial charge is 0.507 e. The minimum absolute atomic E-state index is 0.126. The molecule has 1 aliphatic heterocycles. The van der Waals surface area contributed by atoms with Crippen molar-refractivity contribution >= 4 is 17.4 Å². The minimum atomic E-state index is -0.653. The Bertz CT molecular complexity index is 1250. The van der Waals surface area contributed by atoms with Crippen LogP contribution in [0.4, 0.5) is 0 Å². The van der Waals surface area contributed by atoms with E-state index in [0.717, 1.165) is 22.3 Å². The van der Waals surface area contributed by atoms with Gasteiger partial charge in [-0.15, -0.1) is 0 Å². The van der Waals surface area contributed by atoms with Gasteiger partial charge in [0.2, 0.25) is 0 Å². The van der Waals surface area contributed by atoms with Crippen LogP contribution >= 0.6 is 0 Å². The number of ether oxygens (including phenoxy) is 1. The molecular formula is C29H29NO4. The number of aliphatic hydroxyl groups is 1. The lowest BCUT2D eigenvalue weighted by Crippen LogP contribution is -2.30. The highest BCUT2D eigenvalue weighted by atomic mass is 16.5. The van der Waals surface area contributed by atoms with Crippen molar-refractivity contribution < 1.29 is 19.4 Å². The van der Waals surface area contributed by atoms with Crippen LogP contribution in [0.1, 0.15) is 47.2 Å². The van der Waals surface area contributed by atoms with Crippen LogP contribution < -0.4 is 4.74 Å². The molecule has 0 radical (unpaired) electrons. The average Bonchev–Trinajstić information content (AvgIpc) is 3.09. The molecule has 1 amide bonds. The number of aliphatic hydroxyl groups excluding tert-OH is 1. The van der Waals surface area contributed by atoms with Crippen molar-refractivity contribution in [3.63, 3.8) is 0 Å². The summed E-state index contributed by atoms with van der Waals surface area (Å²) < 4.78 is 5.95. The van der Waals surface area contributed by atoms with Crippen molar-refractivity contribution in [1.29, 1.82) is 0 Å². The topological polar surface area (TPSA) is 66.8 Å². The van der Waals surface area contributed by atoms with Gasteiger partial charge in [0.15, 0.2) is 0 Å². The first-order valence-electron chi connectivity index (χ1n) is 11.5. The summed E-state index contributed by atoms with van der Waals surface area (Å²) in [4.78, 5) is 27.5. The molecule has 5 nitrogen and oxygen atoms in total. The highest BCUT2D eigenvalue weighted by Crippen LogP contribution is 2.40. The van der Waals surface area contributed by atoms with Gasteiger partial charge in [0.25, 0.3) is 11.7 Å². The van der Waals surface area contributed by atoms with Crippen LogP contribution in [0.5, 0.6) is 5.75 Å².